The number of fused-ring (bicyclic) bond motifs is 1. The minimum atomic E-state index is 0.711. The van der Waals surface area contributed by atoms with Crippen molar-refractivity contribution in [2.45, 2.75) is 63.6 Å². The van der Waals surface area contributed by atoms with Gasteiger partial charge in [-0.15, -0.1) is 0 Å². The first-order chi connectivity index (χ1) is 12.8. The second kappa shape index (κ2) is 8.18. The second-order valence-electron chi connectivity index (χ2n) is 8.28. The fourth-order valence-electron chi connectivity index (χ4n) is 5.66. The Hall–Kier alpha value is -1.26. The topological polar surface area (TPSA) is 24.9 Å². The first-order valence-corrected chi connectivity index (χ1v) is 10.5. The molecule has 144 valence electrons. The number of hydrogen-bond donors (Lipinski definition) is 0. The van der Waals surface area contributed by atoms with Crippen molar-refractivity contribution in [2.75, 3.05) is 33.9 Å². The van der Waals surface area contributed by atoms with Crippen molar-refractivity contribution in [2.24, 2.45) is 5.92 Å². The normalized spacial score (nSPS) is 28.1. The van der Waals surface area contributed by atoms with Gasteiger partial charge in [0.15, 0.2) is 0 Å². The Morgan fingerprint density at radius 3 is 2.54 bits per heavy atom. The summed E-state index contributed by atoms with van der Waals surface area (Å²) in [5, 5.41) is 0. The molecule has 2 heterocycles. The van der Waals surface area contributed by atoms with Gasteiger partial charge in [0.2, 0.25) is 0 Å². The number of ether oxygens (including phenoxy) is 2. The molecule has 0 amide bonds. The monoisotopic (exact) mass is 358 g/mol. The van der Waals surface area contributed by atoms with Crippen molar-refractivity contribution >= 4 is 0 Å². The SMILES string of the molecule is COc1ccc(OC)c(CN2CCN3CCCC3C2C2CCCCC2)c1. The van der Waals surface area contributed by atoms with Crippen LogP contribution in [0.2, 0.25) is 0 Å². The maximum atomic E-state index is 5.66. The van der Waals surface area contributed by atoms with Crippen molar-refractivity contribution in [3.8, 4) is 11.5 Å². The van der Waals surface area contributed by atoms with Crippen LogP contribution in [0.1, 0.15) is 50.5 Å². The van der Waals surface area contributed by atoms with E-state index in [-0.39, 0.29) is 0 Å². The van der Waals surface area contributed by atoms with Crippen LogP contribution in [0.5, 0.6) is 11.5 Å². The van der Waals surface area contributed by atoms with Crippen LogP contribution in [-0.4, -0.2) is 55.7 Å². The van der Waals surface area contributed by atoms with Gasteiger partial charge in [0.1, 0.15) is 11.5 Å². The van der Waals surface area contributed by atoms with Gasteiger partial charge in [0.05, 0.1) is 14.2 Å². The highest BCUT2D eigenvalue weighted by Crippen LogP contribution is 2.39. The molecule has 0 radical (unpaired) electrons. The maximum absolute atomic E-state index is 5.66. The summed E-state index contributed by atoms with van der Waals surface area (Å²) in [5.74, 6) is 2.78. The van der Waals surface area contributed by atoms with Crippen molar-refractivity contribution in [1.82, 2.24) is 9.80 Å². The number of hydrogen-bond acceptors (Lipinski definition) is 4. The van der Waals surface area contributed by atoms with E-state index in [2.05, 4.69) is 21.9 Å². The second-order valence-corrected chi connectivity index (χ2v) is 8.28. The molecule has 2 saturated heterocycles. The Morgan fingerprint density at radius 1 is 0.923 bits per heavy atom. The Labute approximate surface area is 158 Å². The summed E-state index contributed by atoms with van der Waals surface area (Å²) in [7, 11) is 3.52. The van der Waals surface area contributed by atoms with E-state index in [1.165, 1.54) is 70.1 Å². The smallest absolute Gasteiger partial charge is 0.123 e. The molecule has 0 spiro atoms. The minimum absolute atomic E-state index is 0.711. The van der Waals surface area contributed by atoms with Crippen molar-refractivity contribution < 1.29 is 9.47 Å². The third-order valence-electron chi connectivity index (χ3n) is 6.90. The third kappa shape index (κ3) is 3.59. The van der Waals surface area contributed by atoms with Gasteiger partial charge in [-0.25, -0.2) is 0 Å². The Balaban J connectivity index is 1.59. The molecule has 3 fully saturated rings. The molecule has 1 aliphatic carbocycles. The lowest BCUT2D eigenvalue weighted by Gasteiger charge is -2.49. The molecule has 0 N–H and O–H groups in total. The summed E-state index contributed by atoms with van der Waals surface area (Å²) in [5.41, 5.74) is 1.26. The zero-order chi connectivity index (χ0) is 17.9. The molecule has 2 atom stereocenters. The van der Waals surface area contributed by atoms with Gasteiger partial charge in [-0.1, -0.05) is 19.3 Å². The quantitative estimate of drug-likeness (QED) is 0.796. The average molecular weight is 359 g/mol. The molecule has 26 heavy (non-hydrogen) atoms. The molecular weight excluding hydrogens is 324 g/mol. The number of benzene rings is 1. The molecule has 0 bridgehead atoms. The summed E-state index contributed by atoms with van der Waals surface area (Å²) >= 11 is 0. The lowest BCUT2D eigenvalue weighted by Crippen LogP contribution is -2.59. The zero-order valence-electron chi connectivity index (χ0n) is 16.5. The van der Waals surface area contributed by atoms with Crippen LogP contribution >= 0.6 is 0 Å². The van der Waals surface area contributed by atoms with Gasteiger partial charge < -0.3 is 9.47 Å². The molecule has 4 nitrogen and oxygen atoms in total. The van der Waals surface area contributed by atoms with Crippen LogP contribution in [0.3, 0.4) is 0 Å². The Morgan fingerprint density at radius 2 is 1.77 bits per heavy atom. The predicted octanol–water partition coefficient (Wildman–Crippen LogP) is 3.93. The van der Waals surface area contributed by atoms with Gasteiger partial charge in [-0.05, 0) is 56.3 Å². The van der Waals surface area contributed by atoms with Crippen molar-refractivity contribution in [1.29, 1.82) is 0 Å². The molecule has 1 aromatic rings. The number of piperazine rings is 1. The number of methoxy groups -OCH3 is 2. The molecular formula is C22H34N2O2. The van der Waals surface area contributed by atoms with Gasteiger partial charge in [-0.3, -0.25) is 9.80 Å². The first-order valence-electron chi connectivity index (χ1n) is 10.5. The highest BCUT2D eigenvalue weighted by Gasteiger charge is 2.43. The standard InChI is InChI=1S/C22H34N2O2/c1-25-19-10-11-21(26-2)18(15-19)16-24-14-13-23-12-6-9-20(23)22(24)17-7-4-3-5-8-17/h10-11,15,17,20,22H,3-9,12-14,16H2,1-2H3. The highest BCUT2D eigenvalue weighted by molar-refractivity contribution is 5.40. The number of nitrogens with zero attached hydrogens (tertiary/aromatic N) is 2. The van der Waals surface area contributed by atoms with Crippen LogP contribution in [0.25, 0.3) is 0 Å². The average Bonchev–Trinajstić information content (AvgIpc) is 3.17. The van der Waals surface area contributed by atoms with E-state index in [4.69, 9.17) is 9.47 Å². The van der Waals surface area contributed by atoms with E-state index >= 15 is 0 Å². The third-order valence-corrected chi connectivity index (χ3v) is 6.90. The first kappa shape index (κ1) is 18.1. The molecule has 2 unspecified atom stereocenters. The molecule has 2 aliphatic heterocycles. The van der Waals surface area contributed by atoms with Crippen molar-refractivity contribution in [3.05, 3.63) is 23.8 Å². The van der Waals surface area contributed by atoms with Crippen LogP contribution in [-0.2, 0) is 6.54 Å². The van der Waals surface area contributed by atoms with Crippen molar-refractivity contribution in [3.63, 3.8) is 0 Å². The fraction of sp³-hybridized carbons (Fsp3) is 0.727. The van der Waals surface area contributed by atoms with Crippen LogP contribution < -0.4 is 9.47 Å². The van der Waals surface area contributed by atoms with Gasteiger partial charge in [0.25, 0.3) is 0 Å². The largest absolute Gasteiger partial charge is 0.497 e. The summed E-state index contributed by atoms with van der Waals surface area (Å²) in [4.78, 5) is 5.55. The van der Waals surface area contributed by atoms with E-state index in [0.717, 1.165) is 30.0 Å². The van der Waals surface area contributed by atoms with Gasteiger partial charge in [-0.2, -0.15) is 0 Å². The summed E-state index contributed by atoms with van der Waals surface area (Å²) in [6, 6.07) is 7.69. The summed E-state index contributed by atoms with van der Waals surface area (Å²) in [6.45, 7) is 4.69. The minimum Gasteiger partial charge on any atom is -0.497 e. The van der Waals surface area contributed by atoms with Crippen LogP contribution in [0.15, 0.2) is 18.2 Å². The maximum Gasteiger partial charge on any atom is 0.123 e. The lowest BCUT2D eigenvalue weighted by molar-refractivity contribution is -0.00414. The Kier molecular flexibility index (Phi) is 5.70. The van der Waals surface area contributed by atoms with E-state index in [9.17, 15) is 0 Å². The molecule has 0 aromatic heterocycles. The molecule has 4 heteroatoms. The van der Waals surface area contributed by atoms with Gasteiger partial charge in [0, 0.05) is 37.3 Å². The summed E-state index contributed by atoms with van der Waals surface area (Å²) < 4.78 is 11.1. The summed E-state index contributed by atoms with van der Waals surface area (Å²) in [6.07, 6.45) is 9.87. The molecule has 1 saturated carbocycles. The zero-order valence-corrected chi connectivity index (χ0v) is 16.5. The number of rotatable bonds is 5. The van der Waals surface area contributed by atoms with E-state index in [1.807, 2.05) is 6.07 Å². The van der Waals surface area contributed by atoms with E-state index in [0.29, 0.717) is 6.04 Å². The van der Waals surface area contributed by atoms with Crippen LogP contribution in [0, 0.1) is 5.92 Å². The van der Waals surface area contributed by atoms with Crippen LogP contribution in [0.4, 0.5) is 0 Å². The van der Waals surface area contributed by atoms with Gasteiger partial charge >= 0.3 is 0 Å². The molecule has 4 rings (SSSR count). The Bertz CT molecular complexity index is 600. The fourth-order valence-corrected chi connectivity index (χ4v) is 5.66. The predicted molar refractivity (Wildman–Crippen MR) is 105 cm³/mol. The molecule has 1 aromatic carbocycles. The van der Waals surface area contributed by atoms with E-state index < -0.39 is 0 Å². The highest BCUT2D eigenvalue weighted by atomic mass is 16.5. The van der Waals surface area contributed by atoms with E-state index in [1.54, 1.807) is 14.2 Å². The molecule has 3 aliphatic rings. The lowest BCUT2D eigenvalue weighted by atomic mass is 9.78.